The first kappa shape index (κ1) is 15.7. The Kier molecular flexibility index (Phi) is 4.54. The summed E-state index contributed by atoms with van der Waals surface area (Å²) in [5.41, 5.74) is 3.08. The Morgan fingerprint density at radius 3 is 2.71 bits per heavy atom. The fraction of sp³-hybridized carbons (Fsp3) is 0.0588. The van der Waals surface area contributed by atoms with Crippen LogP contribution in [0.15, 0.2) is 48.7 Å². The van der Waals surface area contributed by atoms with E-state index in [1.807, 2.05) is 31.2 Å². The average Bonchev–Trinajstić information content (AvgIpc) is 2.59. The molecule has 0 aliphatic heterocycles. The Labute approximate surface area is 144 Å². The lowest BCUT2D eigenvalue weighted by molar-refractivity contribution is 0.982. The fourth-order valence-electron chi connectivity index (χ4n) is 2.03. The van der Waals surface area contributed by atoms with Crippen molar-refractivity contribution in [3.05, 3.63) is 64.8 Å². The third-order valence-corrected chi connectivity index (χ3v) is 3.66. The second kappa shape index (κ2) is 6.94. The second-order valence-corrected chi connectivity index (χ2v) is 5.48. The van der Waals surface area contributed by atoms with Crippen molar-refractivity contribution in [3.63, 3.8) is 0 Å². The second-order valence-electron chi connectivity index (χ2n) is 5.07. The Morgan fingerprint density at radius 2 is 1.92 bits per heavy atom. The van der Waals surface area contributed by atoms with Crippen LogP contribution in [-0.4, -0.2) is 15.2 Å². The predicted octanol–water partition coefficient (Wildman–Crippen LogP) is 4.19. The minimum Gasteiger partial charge on any atom is -0.339 e. The quantitative estimate of drug-likeness (QED) is 0.742. The van der Waals surface area contributed by atoms with Crippen molar-refractivity contribution < 1.29 is 0 Å². The molecule has 0 amide bonds. The number of aryl methyl sites for hydroxylation is 1. The number of rotatable bonds is 4. The van der Waals surface area contributed by atoms with Crippen LogP contribution < -0.4 is 10.6 Å². The van der Waals surface area contributed by atoms with Crippen molar-refractivity contribution in [3.8, 4) is 6.07 Å². The van der Waals surface area contributed by atoms with E-state index in [0.717, 1.165) is 11.3 Å². The number of nitriles is 1. The SMILES string of the molecule is Cc1ccc(Nc2cnnc(Nc3cccc(C#N)c3)n2)cc1Cl. The Bertz CT molecular complexity index is 919. The van der Waals surface area contributed by atoms with Crippen molar-refractivity contribution in [1.82, 2.24) is 15.2 Å². The summed E-state index contributed by atoms with van der Waals surface area (Å²) in [4.78, 5) is 4.35. The highest BCUT2D eigenvalue weighted by molar-refractivity contribution is 6.31. The highest BCUT2D eigenvalue weighted by Gasteiger charge is 2.04. The number of hydrogen-bond donors (Lipinski definition) is 2. The molecule has 7 heteroatoms. The first-order chi connectivity index (χ1) is 11.6. The standard InChI is InChI=1S/C17H13ClN6/c1-11-5-6-14(8-15(11)18)21-16-10-20-24-17(23-16)22-13-4-2-3-12(7-13)9-19/h2-8,10H,1H3,(H2,21,22,23,24). The van der Waals surface area contributed by atoms with Gasteiger partial charge in [0.1, 0.15) is 0 Å². The highest BCUT2D eigenvalue weighted by atomic mass is 35.5. The summed E-state index contributed by atoms with van der Waals surface area (Å²) >= 11 is 6.12. The van der Waals surface area contributed by atoms with Gasteiger partial charge in [-0.25, -0.2) is 0 Å². The summed E-state index contributed by atoms with van der Waals surface area (Å²) in [5, 5.41) is 23.6. The number of hydrogen-bond acceptors (Lipinski definition) is 6. The van der Waals surface area contributed by atoms with E-state index in [9.17, 15) is 0 Å². The van der Waals surface area contributed by atoms with Gasteiger partial charge in [0.25, 0.3) is 0 Å². The first-order valence-electron chi connectivity index (χ1n) is 7.14. The van der Waals surface area contributed by atoms with E-state index >= 15 is 0 Å². The first-order valence-corrected chi connectivity index (χ1v) is 7.52. The van der Waals surface area contributed by atoms with E-state index in [-0.39, 0.29) is 0 Å². The van der Waals surface area contributed by atoms with Crippen molar-refractivity contribution in [2.75, 3.05) is 10.6 Å². The number of halogens is 1. The van der Waals surface area contributed by atoms with E-state index in [0.29, 0.717) is 28.0 Å². The highest BCUT2D eigenvalue weighted by Crippen LogP contribution is 2.22. The zero-order valence-corrected chi connectivity index (χ0v) is 13.5. The third-order valence-electron chi connectivity index (χ3n) is 3.25. The van der Waals surface area contributed by atoms with Gasteiger partial charge in [-0.15, -0.1) is 5.10 Å². The van der Waals surface area contributed by atoms with E-state index in [4.69, 9.17) is 16.9 Å². The normalized spacial score (nSPS) is 10.0. The van der Waals surface area contributed by atoms with E-state index in [1.165, 1.54) is 6.20 Å². The molecule has 0 bridgehead atoms. The Hall–Kier alpha value is -3.17. The van der Waals surface area contributed by atoms with Crippen molar-refractivity contribution >= 4 is 34.7 Å². The van der Waals surface area contributed by atoms with Crippen LogP contribution in [0.1, 0.15) is 11.1 Å². The number of anilines is 4. The molecular formula is C17H13ClN6. The molecule has 3 rings (SSSR count). The molecule has 1 heterocycles. The van der Waals surface area contributed by atoms with Crippen molar-refractivity contribution in [1.29, 1.82) is 5.26 Å². The van der Waals surface area contributed by atoms with Crippen LogP contribution in [0.25, 0.3) is 0 Å². The Balaban J connectivity index is 1.78. The number of nitrogens with one attached hydrogen (secondary N) is 2. The summed E-state index contributed by atoms with van der Waals surface area (Å²) in [6, 6.07) is 14.8. The molecule has 0 radical (unpaired) electrons. The van der Waals surface area contributed by atoms with Crippen LogP contribution in [-0.2, 0) is 0 Å². The third kappa shape index (κ3) is 3.77. The monoisotopic (exact) mass is 336 g/mol. The molecule has 0 aliphatic rings. The summed E-state index contributed by atoms with van der Waals surface area (Å²) in [6.07, 6.45) is 1.52. The zero-order valence-electron chi connectivity index (χ0n) is 12.8. The number of aromatic nitrogens is 3. The van der Waals surface area contributed by atoms with Crippen LogP contribution in [0.5, 0.6) is 0 Å². The largest absolute Gasteiger partial charge is 0.339 e. The minimum atomic E-state index is 0.327. The smallest absolute Gasteiger partial charge is 0.249 e. The molecule has 118 valence electrons. The van der Waals surface area contributed by atoms with Gasteiger partial charge in [0, 0.05) is 16.4 Å². The van der Waals surface area contributed by atoms with Gasteiger partial charge < -0.3 is 10.6 Å². The van der Waals surface area contributed by atoms with E-state index < -0.39 is 0 Å². The summed E-state index contributed by atoms with van der Waals surface area (Å²) in [5.74, 6) is 0.858. The van der Waals surface area contributed by atoms with Crippen LogP contribution in [0.3, 0.4) is 0 Å². The molecule has 2 aromatic carbocycles. The molecule has 0 spiro atoms. The number of benzene rings is 2. The molecule has 0 saturated carbocycles. The topological polar surface area (TPSA) is 86.5 Å². The molecule has 3 aromatic rings. The lowest BCUT2D eigenvalue weighted by Crippen LogP contribution is -2.02. The van der Waals surface area contributed by atoms with E-state index in [1.54, 1.807) is 18.2 Å². The lowest BCUT2D eigenvalue weighted by atomic mass is 10.2. The van der Waals surface area contributed by atoms with Gasteiger partial charge in [0.05, 0.1) is 17.8 Å². The Morgan fingerprint density at radius 1 is 1.08 bits per heavy atom. The van der Waals surface area contributed by atoms with Crippen LogP contribution in [0, 0.1) is 18.3 Å². The number of nitrogens with zero attached hydrogens (tertiary/aromatic N) is 4. The maximum atomic E-state index is 8.94. The summed E-state index contributed by atoms with van der Waals surface area (Å²) < 4.78 is 0. The zero-order chi connectivity index (χ0) is 16.9. The maximum absolute atomic E-state index is 8.94. The molecule has 0 unspecified atom stereocenters. The van der Waals surface area contributed by atoms with Gasteiger partial charge in [-0.3, -0.25) is 0 Å². The van der Waals surface area contributed by atoms with Crippen LogP contribution in [0.2, 0.25) is 5.02 Å². The van der Waals surface area contributed by atoms with Gasteiger partial charge in [-0.2, -0.15) is 15.3 Å². The summed E-state index contributed by atoms with van der Waals surface area (Å²) in [7, 11) is 0. The van der Waals surface area contributed by atoms with Gasteiger partial charge in [-0.1, -0.05) is 23.7 Å². The van der Waals surface area contributed by atoms with Crippen LogP contribution >= 0.6 is 11.6 Å². The lowest BCUT2D eigenvalue weighted by Gasteiger charge is -2.09. The molecule has 0 fully saturated rings. The molecule has 0 aliphatic carbocycles. The van der Waals surface area contributed by atoms with E-state index in [2.05, 4.69) is 31.9 Å². The molecule has 6 nitrogen and oxygen atoms in total. The molecular weight excluding hydrogens is 324 g/mol. The van der Waals surface area contributed by atoms with Gasteiger partial charge in [0.15, 0.2) is 5.82 Å². The van der Waals surface area contributed by atoms with Gasteiger partial charge in [-0.05, 0) is 42.8 Å². The molecule has 0 saturated heterocycles. The van der Waals surface area contributed by atoms with Gasteiger partial charge >= 0.3 is 0 Å². The molecule has 24 heavy (non-hydrogen) atoms. The van der Waals surface area contributed by atoms with Gasteiger partial charge in [0.2, 0.25) is 5.95 Å². The average molecular weight is 337 g/mol. The fourth-order valence-corrected chi connectivity index (χ4v) is 2.21. The molecule has 1 aromatic heterocycles. The predicted molar refractivity (Wildman–Crippen MR) is 93.7 cm³/mol. The minimum absolute atomic E-state index is 0.327. The molecule has 0 atom stereocenters. The van der Waals surface area contributed by atoms with Crippen molar-refractivity contribution in [2.45, 2.75) is 6.92 Å². The van der Waals surface area contributed by atoms with Crippen molar-refractivity contribution in [2.24, 2.45) is 0 Å². The summed E-state index contributed by atoms with van der Waals surface area (Å²) in [6.45, 7) is 1.94. The molecule has 2 N–H and O–H groups in total. The maximum Gasteiger partial charge on any atom is 0.249 e. The van der Waals surface area contributed by atoms with Crippen LogP contribution in [0.4, 0.5) is 23.1 Å².